The minimum Gasteiger partial charge on any atom is -0.362 e. The monoisotopic (exact) mass is 441 g/mol. The van der Waals surface area contributed by atoms with E-state index in [9.17, 15) is 4.79 Å². The third-order valence-corrected chi connectivity index (χ3v) is 5.79. The van der Waals surface area contributed by atoms with Crippen molar-refractivity contribution in [2.24, 2.45) is 0 Å². The topological polar surface area (TPSA) is 61.4 Å². The van der Waals surface area contributed by atoms with Crippen LogP contribution in [0.1, 0.15) is 11.3 Å². The van der Waals surface area contributed by atoms with Gasteiger partial charge in [0.05, 0.1) is 28.0 Å². The number of fused-ring (bicyclic) bond motifs is 1. The number of aromatic nitrogens is 2. The summed E-state index contributed by atoms with van der Waals surface area (Å²) < 4.78 is 0. The fourth-order valence-corrected chi connectivity index (χ4v) is 3.80. The lowest BCUT2D eigenvalue weighted by Crippen LogP contribution is -2.40. The molecule has 30 heavy (non-hydrogen) atoms. The highest BCUT2D eigenvalue weighted by atomic mass is 35.5. The number of nitrogens with one attached hydrogen (secondary N) is 1. The first kappa shape index (κ1) is 20.4. The van der Waals surface area contributed by atoms with Crippen LogP contribution in [0.4, 0.5) is 16.3 Å². The van der Waals surface area contributed by atoms with Gasteiger partial charge in [0, 0.05) is 38.2 Å². The predicted molar refractivity (Wildman–Crippen MR) is 121 cm³/mol. The number of benzene rings is 2. The van der Waals surface area contributed by atoms with Gasteiger partial charge in [-0.25, -0.2) is 14.8 Å². The molecular formula is C22H21Cl2N5O. The molecule has 4 rings (SSSR count). The van der Waals surface area contributed by atoms with Crippen LogP contribution in [0.15, 0.2) is 48.5 Å². The second kappa shape index (κ2) is 8.50. The lowest BCUT2D eigenvalue weighted by atomic mass is 10.1. The zero-order chi connectivity index (χ0) is 21.3. The average molecular weight is 442 g/mol. The molecule has 2 amide bonds. The average Bonchev–Trinajstić information content (AvgIpc) is 2.76. The van der Waals surface area contributed by atoms with Crippen LogP contribution in [0, 0.1) is 0 Å². The molecule has 0 bridgehead atoms. The van der Waals surface area contributed by atoms with Crippen LogP contribution in [0.5, 0.6) is 0 Å². The van der Waals surface area contributed by atoms with E-state index in [0.29, 0.717) is 41.1 Å². The van der Waals surface area contributed by atoms with E-state index in [0.717, 1.165) is 22.6 Å². The first-order valence-corrected chi connectivity index (χ1v) is 10.3. The van der Waals surface area contributed by atoms with E-state index >= 15 is 0 Å². The first-order valence-electron chi connectivity index (χ1n) is 9.56. The van der Waals surface area contributed by atoms with Gasteiger partial charge in [0.15, 0.2) is 5.82 Å². The van der Waals surface area contributed by atoms with E-state index in [1.54, 1.807) is 23.1 Å². The Morgan fingerprint density at radius 1 is 1.07 bits per heavy atom. The number of nitrogens with zero attached hydrogens (tertiary/aromatic N) is 4. The third-order valence-electron chi connectivity index (χ3n) is 4.97. The number of amides is 2. The van der Waals surface area contributed by atoms with Crippen molar-refractivity contribution in [3.63, 3.8) is 0 Å². The van der Waals surface area contributed by atoms with E-state index in [-0.39, 0.29) is 6.03 Å². The molecule has 8 heteroatoms. The summed E-state index contributed by atoms with van der Waals surface area (Å²) in [6.07, 6.45) is 0.648. The lowest BCUT2D eigenvalue weighted by Gasteiger charge is -2.31. The van der Waals surface area contributed by atoms with Crippen molar-refractivity contribution in [2.75, 3.05) is 30.9 Å². The van der Waals surface area contributed by atoms with Gasteiger partial charge in [-0.1, -0.05) is 59.6 Å². The van der Waals surface area contributed by atoms with Crippen LogP contribution in [0.2, 0.25) is 10.0 Å². The SMILES string of the molecule is CN(C)c1nc(-c2ccccc2)nc2c1CN(C(=O)Nc1cccc(Cl)c1Cl)CC2. The molecule has 154 valence electrons. The zero-order valence-electron chi connectivity index (χ0n) is 16.7. The number of rotatable bonds is 3. The molecular weight excluding hydrogens is 421 g/mol. The number of urea groups is 1. The number of carbonyl (C=O) groups excluding carboxylic acids is 1. The summed E-state index contributed by atoms with van der Waals surface area (Å²) in [6, 6.07) is 14.8. The molecule has 0 aliphatic carbocycles. The molecule has 1 aliphatic rings. The molecule has 1 aliphatic heterocycles. The maximum absolute atomic E-state index is 12.9. The van der Waals surface area contributed by atoms with Crippen molar-refractivity contribution in [3.05, 3.63) is 69.8 Å². The smallest absolute Gasteiger partial charge is 0.322 e. The highest BCUT2D eigenvalue weighted by molar-refractivity contribution is 6.43. The van der Waals surface area contributed by atoms with E-state index in [1.807, 2.05) is 49.3 Å². The summed E-state index contributed by atoms with van der Waals surface area (Å²) >= 11 is 12.3. The van der Waals surface area contributed by atoms with Crippen LogP contribution < -0.4 is 10.2 Å². The number of carbonyl (C=O) groups is 1. The quantitative estimate of drug-likeness (QED) is 0.613. The zero-order valence-corrected chi connectivity index (χ0v) is 18.2. The van der Waals surface area contributed by atoms with E-state index in [1.165, 1.54) is 0 Å². The fourth-order valence-electron chi connectivity index (χ4n) is 3.45. The molecule has 0 atom stereocenters. The Morgan fingerprint density at radius 3 is 2.57 bits per heavy atom. The summed E-state index contributed by atoms with van der Waals surface area (Å²) in [7, 11) is 3.89. The fraction of sp³-hybridized carbons (Fsp3) is 0.227. The maximum atomic E-state index is 12.9. The molecule has 0 saturated heterocycles. The Bertz CT molecular complexity index is 1090. The number of hydrogen-bond donors (Lipinski definition) is 1. The Morgan fingerprint density at radius 2 is 1.83 bits per heavy atom. The maximum Gasteiger partial charge on any atom is 0.322 e. The van der Waals surface area contributed by atoms with Gasteiger partial charge in [0.2, 0.25) is 0 Å². The first-order chi connectivity index (χ1) is 14.4. The standard InChI is InChI=1S/C22H21Cl2N5O/c1-28(2)21-15-13-29(22(30)26-18-10-6-9-16(23)19(18)24)12-11-17(15)25-20(27-21)14-7-4-3-5-8-14/h3-10H,11-13H2,1-2H3,(H,26,30). The van der Waals surface area contributed by atoms with Gasteiger partial charge in [-0.3, -0.25) is 0 Å². The van der Waals surface area contributed by atoms with Gasteiger partial charge in [-0.15, -0.1) is 0 Å². The molecule has 0 spiro atoms. The molecule has 0 unspecified atom stereocenters. The molecule has 1 aromatic heterocycles. The minimum absolute atomic E-state index is 0.235. The highest BCUT2D eigenvalue weighted by Crippen LogP contribution is 2.31. The number of anilines is 2. The summed E-state index contributed by atoms with van der Waals surface area (Å²) in [6.45, 7) is 0.969. The minimum atomic E-state index is -0.235. The summed E-state index contributed by atoms with van der Waals surface area (Å²) in [5.74, 6) is 1.51. The van der Waals surface area contributed by atoms with Gasteiger partial charge in [0.25, 0.3) is 0 Å². The summed E-state index contributed by atoms with van der Waals surface area (Å²) in [4.78, 5) is 26.1. The van der Waals surface area contributed by atoms with Crippen molar-refractivity contribution >= 4 is 40.7 Å². The van der Waals surface area contributed by atoms with Crippen molar-refractivity contribution in [1.82, 2.24) is 14.9 Å². The van der Waals surface area contributed by atoms with Crippen molar-refractivity contribution in [1.29, 1.82) is 0 Å². The van der Waals surface area contributed by atoms with E-state index in [4.69, 9.17) is 33.2 Å². The van der Waals surface area contributed by atoms with Crippen LogP contribution in [0.3, 0.4) is 0 Å². The molecule has 0 fully saturated rings. The van der Waals surface area contributed by atoms with Gasteiger partial charge in [-0.05, 0) is 12.1 Å². The van der Waals surface area contributed by atoms with Crippen molar-refractivity contribution in [2.45, 2.75) is 13.0 Å². The molecule has 3 aromatic rings. The summed E-state index contributed by atoms with van der Waals surface area (Å²) in [5.41, 5.74) is 3.39. The van der Waals surface area contributed by atoms with Crippen LogP contribution in [0.25, 0.3) is 11.4 Å². The predicted octanol–water partition coefficient (Wildman–Crippen LogP) is 5.11. The van der Waals surface area contributed by atoms with Crippen molar-refractivity contribution < 1.29 is 4.79 Å². The normalized spacial score (nSPS) is 13.0. The van der Waals surface area contributed by atoms with Crippen LogP contribution in [-0.4, -0.2) is 41.5 Å². The molecule has 0 radical (unpaired) electrons. The molecule has 6 nitrogen and oxygen atoms in total. The largest absolute Gasteiger partial charge is 0.362 e. The Hall–Kier alpha value is -2.83. The van der Waals surface area contributed by atoms with E-state index < -0.39 is 0 Å². The molecule has 0 saturated carbocycles. The Labute approximate surface area is 185 Å². The Kier molecular flexibility index (Phi) is 5.79. The second-order valence-electron chi connectivity index (χ2n) is 7.26. The molecule has 2 aromatic carbocycles. The lowest BCUT2D eigenvalue weighted by molar-refractivity contribution is 0.206. The number of halogens is 2. The van der Waals surface area contributed by atoms with Crippen LogP contribution in [-0.2, 0) is 13.0 Å². The van der Waals surface area contributed by atoms with Gasteiger partial charge in [0.1, 0.15) is 5.82 Å². The number of hydrogen-bond acceptors (Lipinski definition) is 4. The highest BCUT2D eigenvalue weighted by Gasteiger charge is 2.27. The van der Waals surface area contributed by atoms with Gasteiger partial charge < -0.3 is 15.1 Å². The Balaban J connectivity index is 1.61. The molecule has 1 N–H and O–H groups in total. The van der Waals surface area contributed by atoms with Gasteiger partial charge in [-0.2, -0.15) is 0 Å². The third kappa shape index (κ3) is 4.06. The molecule has 2 heterocycles. The van der Waals surface area contributed by atoms with Crippen molar-refractivity contribution in [3.8, 4) is 11.4 Å². The summed E-state index contributed by atoms with van der Waals surface area (Å²) in [5, 5.41) is 3.58. The second-order valence-corrected chi connectivity index (χ2v) is 8.04. The van der Waals surface area contributed by atoms with Gasteiger partial charge >= 0.3 is 6.03 Å². The van der Waals surface area contributed by atoms with E-state index in [2.05, 4.69) is 5.32 Å². The van der Waals surface area contributed by atoms with Crippen LogP contribution >= 0.6 is 23.2 Å².